The molecule has 0 saturated carbocycles. The summed E-state index contributed by atoms with van der Waals surface area (Å²) >= 11 is 0. The van der Waals surface area contributed by atoms with Crippen molar-refractivity contribution in [3.8, 4) is 0 Å². The highest BCUT2D eigenvalue weighted by Gasteiger charge is 2.29. The Morgan fingerprint density at radius 2 is 1.00 bits per heavy atom. The highest BCUT2D eigenvalue weighted by atomic mass is 14.3. The first-order chi connectivity index (χ1) is 10.9. The van der Waals surface area contributed by atoms with E-state index < -0.39 is 0 Å². The SMILES string of the molecule is C1=C(Cc2ccccc2)[C@H]2C=C(Cc3ccccc3)[C@@H]1CC2. The zero-order valence-electron chi connectivity index (χ0n) is 12.9. The van der Waals surface area contributed by atoms with E-state index in [1.807, 2.05) is 0 Å². The number of benzene rings is 2. The summed E-state index contributed by atoms with van der Waals surface area (Å²) in [4.78, 5) is 0. The Morgan fingerprint density at radius 1 is 0.591 bits per heavy atom. The van der Waals surface area contributed by atoms with Crippen LogP contribution in [0.15, 0.2) is 84.0 Å². The first-order valence-corrected chi connectivity index (χ1v) is 8.37. The van der Waals surface area contributed by atoms with Gasteiger partial charge in [0.15, 0.2) is 0 Å². The van der Waals surface area contributed by atoms with Crippen molar-refractivity contribution in [1.82, 2.24) is 0 Å². The lowest BCUT2D eigenvalue weighted by atomic mass is 9.70. The van der Waals surface area contributed by atoms with E-state index in [-0.39, 0.29) is 0 Å². The molecule has 0 amide bonds. The number of rotatable bonds is 4. The van der Waals surface area contributed by atoms with Crippen LogP contribution in [0.3, 0.4) is 0 Å². The molecule has 0 aliphatic heterocycles. The monoisotopic (exact) mass is 286 g/mol. The Hall–Kier alpha value is -2.08. The van der Waals surface area contributed by atoms with Gasteiger partial charge in [-0.2, -0.15) is 0 Å². The van der Waals surface area contributed by atoms with Gasteiger partial charge in [0.05, 0.1) is 0 Å². The average molecular weight is 286 g/mol. The van der Waals surface area contributed by atoms with E-state index in [1.165, 1.54) is 24.0 Å². The molecule has 2 aromatic carbocycles. The molecule has 0 aromatic heterocycles. The van der Waals surface area contributed by atoms with Crippen LogP contribution in [0.2, 0.25) is 0 Å². The standard InChI is InChI=1S/C22H22/c1-3-7-17(8-4-1)13-21-15-20-12-11-19(21)16-22(20)14-18-9-5-2-6-10-18/h1-10,15-16,19-20H,11-14H2/t19-,20-/m1/s1. The second-order valence-corrected chi connectivity index (χ2v) is 6.60. The van der Waals surface area contributed by atoms with Crippen molar-refractivity contribution < 1.29 is 0 Å². The van der Waals surface area contributed by atoms with Gasteiger partial charge in [-0.05, 0) is 48.6 Å². The number of hydrogen-bond donors (Lipinski definition) is 0. The predicted molar refractivity (Wildman–Crippen MR) is 92.7 cm³/mol. The molecule has 22 heavy (non-hydrogen) atoms. The summed E-state index contributed by atoms with van der Waals surface area (Å²) in [6, 6.07) is 21.8. The topological polar surface area (TPSA) is 0 Å². The van der Waals surface area contributed by atoms with Crippen molar-refractivity contribution >= 4 is 0 Å². The van der Waals surface area contributed by atoms with Crippen LogP contribution < -0.4 is 0 Å². The van der Waals surface area contributed by atoms with Gasteiger partial charge in [-0.3, -0.25) is 0 Å². The van der Waals surface area contributed by atoms with Crippen LogP contribution >= 0.6 is 0 Å². The summed E-state index contributed by atoms with van der Waals surface area (Å²) < 4.78 is 0. The van der Waals surface area contributed by atoms with Crippen LogP contribution in [0.25, 0.3) is 0 Å². The molecule has 0 radical (unpaired) electrons. The van der Waals surface area contributed by atoms with E-state index in [0.717, 1.165) is 12.8 Å². The van der Waals surface area contributed by atoms with Crippen LogP contribution in [0, 0.1) is 11.8 Å². The maximum atomic E-state index is 2.57. The van der Waals surface area contributed by atoms with Crippen LogP contribution in [0.4, 0.5) is 0 Å². The lowest BCUT2D eigenvalue weighted by Gasteiger charge is -2.35. The van der Waals surface area contributed by atoms with E-state index in [4.69, 9.17) is 0 Å². The zero-order chi connectivity index (χ0) is 14.8. The fraction of sp³-hybridized carbons (Fsp3) is 0.273. The second-order valence-electron chi connectivity index (χ2n) is 6.60. The fourth-order valence-electron chi connectivity index (χ4n) is 3.92. The lowest BCUT2D eigenvalue weighted by molar-refractivity contribution is 0.469. The fourth-order valence-corrected chi connectivity index (χ4v) is 3.92. The van der Waals surface area contributed by atoms with Crippen molar-refractivity contribution in [2.75, 3.05) is 0 Å². The molecule has 0 saturated heterocycles. The summed E-state index contributed by atoms with van der Waals surface area (Å²) in [5, 5.41) is 0. The molecule has 0 spiro atoms. The third-order valence-corrected chi connectivity index (χ3v) is 5.07. The summed E-state index contributed by atoms with van der Waals surface area (Å²) in [7, 11) is 0. The minimum atomic E-state index is 0.670. The third-order valence-electron chi connectivity index (χ3n) is 5.07. The normalized spacial score (nSPS) is 23.1. The summed E-state index contributed by atoms with van der Waals surface area (Å²) in [6.45, 7) is 0. The Bertz CT molecular complexity index is 628. The zero-order valence-corrected chi connectivity index (χ0v) is 12.9. The lowest BCUT2D eigenvalue weighted by Crippen LogP contribution is -2.23. The minimum absolute atomic E-state index is 0.670. The molecule has 2 bridgehead atoms. The summed E-state index contributed by atoms with van der Waals surface area (Å²) in [5.74, 6) is 1.34. The number of hydrogen-bond acceptors (Lipinski definition) is 0. The highest BCUT2D eigenvalue weighted by molar-refractivity contribution is 5.37. The van der Waals surface area contributed by atoms with Crippen molar-refractivity contribution in [3.63, 3.8) is 0 Å². The van der Waals surface area contributed by atoms with Crippen LogP contribution in [0.5, 0.6) is 0 Å². The van der Waals surface area contributed by atoms with Crippen molar-refractivity contribution in [2.24, 2.45) is 11.8 Å². The van der Waals surface area contributed by atoms with Gasteiger partial charge in [-0.15, -0.1) is 0 Å². The van der Waals surface area contributed by atoms with Gasteiger partial charge in [0.1, 0.15) is 0 Å². The molecular weight excluding hydrogens is 264 g/mol. The molecular formula is C22H22. The van der Waals surface area contributed by atoms with Gasteiger partial charge in [0.2, 0.25) is 0 Å². The molecule has 0 unspecified atom stereocenters. The predicted octanol–water partition coefficient (Wildman–Crippen LogP) is 5.36. The maximum Gasteiger partial charge on any atom is -0.00164 e. The molecule has 3 aliphatic carbocycles. The minimum Gasteiger partial charge on any atom is -0.0772 e. The van der Waals surface area contributed by atoms with E-state index in [2.05, 4.69) is 72.8 Å². The Kier molecular flexibility index (Phi) is 3.68. The van der Waals surface area contributed by atoms with E-state index in [9.17, 15) is 0 Å². The largest absolute Gasteiger partial charge is 0.0772 e. The molecule has 0 heterocycles. The molecule has 3 aliphatic rings. The van der Waals surface area contributed by atoms with Crippen LogP contribution in [-0.4, -0.2) is 0 Å². The van der Waals surface area contributed by atoms with E-state index >= 15 is 0 Å². The number of allylic oxidation sites excluding steroid dienone is 4. The smallest absolute Gasteiger partial charge is 0.00164 e. The molecule has 2 aromatic rings. The second kappa shape index (κ2) is 5.96. The third kappa shape index (κ3) is 2.78. The van der Waals surface area contributed by atoms with Gasteiger partial charge in [-0.1, -0.05) is 84.0 Å². The first kappa shape index (κ1) is 13.6. The molecule has 0 heteroatoms. The number of fused-ring (bicyclic) bond motifs is 1. The molecule has 110 valence electrons. The van der Waals surface area contributed by atoms with Crippen LogP contribution in [-0.2, 0) is 12.8 Å². The molecule has 5 rings (SSSR count). The van der Waals surface area contributed by atoms with Gasteiger partial charge >= 0.3 is 0 Å². The molecule has 0 nitrogen and oxygen atoms in total. The molecule has 2 atom stereocenters. The van der Waals surface area contributed by atoms with Gasteiger partial charge in [0.25, 0.3) is 0 Å². The Balaban J connectivity index is 1.50. The van der Waals surface area contributed by atoms with E-state index in [1.54, 1.807) is 11.1 Å². The average Bonchev–Trinajstić information content (AvgIpc) is 2.58. The maximum absolute atomic E-state index is 2.57. The van der Waals surface area contributed by atoms with Crippen molar-refractivity contribution in [2.45, 2.75) is 25.7 Å². The van der Waals surface area contributed by atoms with Gasteiger partial charge in [-0.25, -0.2) is 0 Å². The van der Waals surface area contributed by atoms with Crippen molar-refractivity contribution in [3.05, 3.63) is 95.1 Å². The summed E-state index contributed by atoms with van der Waals surface area (Å²) in [5.41, 5.74) is 6.16. The summed E-state index contributed by atoms with van der Waals surface area (Å²) in [6.07, 6.45) is 10.1. The molecule has 0 fully saturated rings. The Labute approximate surface area is 133 Å². The van der Waals surface area contributed by atoms with Gasteiger partial charge in [0, 0.05) is 0 Å². The quantitative estimate of drug-likeness (QED) is 0.663. The molecule has 0 N–H and O–H groups in total. The van der Waals surface area contributed by atoms with Crippen LogP contribution in [0.1, 0.15) is 24.0 Å². The first-order valence-electron chi connectivity index (χ1n) is 8.37. The Morgan fingerprint density at radius 3 is 1.36 bits per heavy atom. The van der Waals surface area contributed by atoms with Crippen molar-refractivity contribution in [1.29, 1.82) is 0 Å². The highest BCUT2D eigenvalue weighted by Crippen LogP contribution is 2.42. The van der Waals surface area contributed by atoms with E-state index in [0.29, 0.717) is 11.8 Å². The van der Waals surface area contributed by atoms with Gasteiger partial charge < -0.3 is 0 Å².